The number of hydrogen-bond acceptors (Lipinski definition) is 2. The number of rotatable bonds is 17. The van der Waals surface area contributed by atoms with Crippen LogP contribution < -0.4 is 21.3 Å². The summed E-state index contributed by atoms with van der Waals surface area (Å²) in [6, 6.07) is 1.46. The zero-order valence-electron chi connectivity index (χ0n) is 22.7. The molecule has 0 fully saturated rings. The monoisotopic (exact) mass is 452 g/mol. The third-order valence-corrected chi connectivity index (χ3v) is 4.81. The molecule has 0 bridgehead atoms. The predicted octanol–water partition coefficient (Wildman–Crippen LogP) is 5.59. The second-order valence-electron chi connectivity index (χ2n) is 10.1. The van der Waals surface area contributed by atoms with Crippen LogP contribution in [-0.4, -0.2) is 49.2 Å². The van der Waals surface area contributed by atoms with E-state index in [9.17, 15) is 0 Å². The van der Waals surface area contributed by atoms with Gasteiger partial charge in [-0.15, -0.1) is 0 Å². The quantitative estimate of drug-likeness (QED) is 0.132. The average Bonchev–Trinajstić information content (AvgIpc) is 2.66. The molecule has 0 aliphatic rings. The third-order valence-electron chi connectivity index (χ3n) is 4.81. The van der Waals surface area contributed by atoms with E-state index in [0.717, 1.165) is 25.0 Å². The number of unbranched alkanes of at least 4 members (excludes halogenated alkanes) is 9. The first-order chi connectivity index (χ1) is 15.2. The molecule has 0 aliphatic heterocycles. The van der Waals surface area contributed by atoms with E-state index < -0.39 is 0 Å². The molecule has 0 aromatic heterocycles. The Hall–Kier alpha value is -1.46. The van der Waals surface area contributed by atoms with Crippen LogP contribution >= 0.6 is 0 Å². The van der Waals surface area contributed by atoms with Crippen LogP contribution in [0.5, 0.6) is 0 Å². The van der Waals surface area contributed by atoms with E-state index in [1.165, 1.54) is 64.2 Å². The van der Waals surface area contributed by atoms with Gasteiger partial charge in [-0.25, -0.2) is 0 Å². The fourth-order valence-corrected chi connectivity index (χ4v) is 3.41. The normalized spacial score (nSPS) is 12.9. The highest BCUT2D eigenvalue weighted by Crippen LogP contribution is 2.10. The van der Waals surface area contributed by atoms with Gasteiger partial charge in [0.25, 0.3) is 0 Å². The lowest BCUT2D eigenvalue weighted by Gasteiger charge is -2.16. The first-order valence-corrected chi connectivity index (χ1v) is 13.4. The summed E-state index contributed by atoms with van der Waals surface area (Å²) in [4.78, 5) is 9.25. The van der Waals surface area contributed by atoms with Crippen molar-refractivity contribution in [2.24, 2.45) is 9.98 Å². The van der Waals surface area contributed by atoms with Gasteiger partial charge >= 0.3 is 0 Å². The second-order valence-corrected chi connectivity index (χ2v) is 10.1. The highest BCUT2D eigenvalue weighted by molar-refractivity contribution is 5.80. The molecule has 0 aromatic rings. The fraction of sp³-hybridized carbons (Fsp3) is 0.923. The second kappa shape index (κ2) is 20.2. The molecule has 32 heavy (non-hydrogen) atoms. The molecule has 190 valence electrons. The highest BCUT2D eigenvalue weighted by Gasteiger charge is 2.03. The van der Waals surface area contributed by atoms with Crippen LogP contribution in [0, 0.1) is 0 Å². The van der Waals surface area contributed by atoms with Gasteiger partial charge in [-0.05, 0) is 68.2 Å². The van der Waals surface area contributed by atoms with E-state index >= 15 is 0 Å². The zero-order chi connectivity index (χ0) is 24.2. The molecular weight excluding hydrogens is 396 g/mol. The molecule has 0 aromatic carbocycles. The van der Waals surface area contributed by atoms with Crippen molar-refractivity contribution in [3.63, 3.8) is 0 Å². The standard InChI is InChI=1S/C26H56N6/c1-21(2)29-25(30-22(3)4)27-19-17-15-13-11-9-10-12-14-16-18-20-28-26(31-23(5)6)32-24(7)8/h21-24H,9-20H2,1-8H3,(H2,27,29,30)(H2,28,31,32). The Morgan fingerprint density at radius 3 is 1.00 bits per heavy atom. The number of aliphatic imine (C=N–C) groups is 2. The molecule has 0 heterocycles. The van der Waals surface area contributed by atoms with Crippen molar-refractivity contribution in [3.05, 3.63) is 0 Å². The predicted molar refractivity (Wildman–Crippen MR) is 144 cm³/mol. The summed E-state index contributed by atoms with van der Waals surface area (Å²) in [6.45, 7) is 19.1. The molecular formula is C26H56N6. The SMILES string of the molecule is CC(C)N=C(NCCCCCCCCCCCCNC(=NC(C)C)NC(C)C)NC(C)C. The Labute approximate surface area is 200 Å². The minimum Gasteiger partial charge on any atom is -0.356 e. The number of hydrogen-bond donors (Lipinski definition) is 4. The Kier molecular flexibility index (Phi) is 19.2. The van der Waals surface area contributed by atoms with Crippen molar-refractivity contribution in [2.75, 3.05) is 13.1 Å². The largest absolute Gasteiger partial charge is 0.356 e. The maximum atomic E-state index is 4.62. The summed E-state index contributed by atoms with van der Waals surface area (Å²) in [7, 11) is 0. The van der Waals surface area contributed by atoms with Crippen molar-refractivity contribution < 1.29 is 0 Å². The summed E-state index contributed by atoms with van der Waals surface area (Å²) in [6.07, 6.45) is 13.2. The van der Waals surface area contributed by atoms with Crippen LogP contribution in [0.4, 0.5) is 0 Å². The Balaban J connectivity index is 3.59. The lowest BCUT2D eigenvalue weighted by molar-refractivity contribution is 0.546. The molecule has 0 radical (unpaired) electrons. The van der Waals surface area contributed by atoms with Crippen LogP contribution in [0.25, 0.3) is 0 Å². The van der Waals surface area contributed by atoms with Crippen LogP contribution in [0.3, 0.4) is 0 Å². The number of nitrogens with one attached hydrogen (secondary N) is 4. The molecule has 6 nitrogen and oxygen atoms in total. The van der Waals surface area contributed by atoms with Gasteiger partial charge in [0.2, 0.25) is 0 Å². The van der Waals surface area contributed by atoms with Crippen molar-refractivity contribution in [1.29, 1.82) is 0 Å². The Morgan fingerprint density at radius 1 is 0.469 bits per heavy atom. The maximum absolute atomic E-state index is 4.62. The molecule has 0 rings (SSSR count). The van der Waals surface area contributed by atoms with Crippen LogP contribution in [0.2, 0.25) is 0 Å². The van der Waals surface area contributed by atoms with Crippen LogP contribution in [-0.2, 0) is 0 Å². The Morgan fingerprint density at radius 2 is 0.750 bits per heavy atom. The van der Waals surface area contributed by atoms with E-state index in [1.54, 1.807) is 0 Å². The molecule has 0 aliphatic carbocycles. The van der Waals surface area contributed by atoms with Gasteiger partial charge in [-0.3, -0.25) is 9.98 Å². The molecule has 0 saturated carbocycles. The number of nitrogens with zero attached hydrogens (tertiary/aromatic N) is 2. The van der Waals surface area contributed by atoms with Crippen molar-refractivity contribution in [3.8, 4) is 0 Å². The molecule has 0 unspecified atom stereocenters. The molecule has 4 N–H and O–H groups in total. The summed E-state index contributed by atoms with van der Waals surface area (Å²) >= 11 is 0. The minimum atomic E-state index is 0.318. The third kappa shape index (κ3) is 21.8. The van der Waals surface area contributed by atoms with E-state index in [-0.39, 0.29) is 0 Å². The molecule has 0 amide bonds. The summed E-state index contributed by atoms with van der Waals surface area (Å²) in [5.41, 5.74) is 0. The highest BCUT2D eigenvalue weighted by atomic mass is 15.2. The summed E-state index contributed by atoms with van der Waals surface area (Å²) in [5.74, 6) is 1.90. The molecule has 0 spiro atoms. The van der Waals surface area contributed by atoms with E-state index in [2.05, 4.69) is 86.6 Å². The molecule has 0 atom stereocenters. The van der Waals surface area contributed by atoms with Gasteiger partial charge in [0.1, 0.15) is 0 Å². The topological polar surface area (TPSA) is 72.8 Å². The zero-order valence-corrected chi connectivity index (χ0v) is 22.7. The Bertz CT molecular complexity index is 439. The average molecular weight is 453 g/mol. The summed E-state index contributed by atoms with van der Waals surface area (Å²) < 4.78 is 0. The maximum Gasteiger partial charge on any atom is 0.191 e. The van der Waals surface area contributed by atoms with E-state index in [0.29, 0.717) is 24.2 Å². The minimum absolute atomic E-state index is 0.318. The van der Waals surface area contributed by atoms with E-state index in [4.69, 9.17) is 0 Å². The smallest absolute Gasteiger partial charge is 0.191 e. The first-order valence-electron chi connectivity index (χ1n) is 13.4. The van der Waals surface area contributed by atoms with Crippen LogP contribution in [0.1, 0.15) is 120 Å². The van der Waals surface area contributed by atoms with Gasteiger partial charge in [0.05, 0.1) is 0 Å². The lowest BCUT2D eigenvalue weighted by Crippen LogP contribution is -2.42. The lowest BCUT2D eigenvalue weighted by atomic mass is 10.1. The molecule has 0 saturated heterocycles. The van der Waals surface area contributed by atoms with Gasteiger partial charge in [-0.2, -0.15) is 0 Å². The van der Waals surface area contributed by atoms with E-state index in [1.807, 2.05) is 0 Å². The van der Waals surface area contributed by atoms with Gasteiger partial charge in [0.15, 0.2) is 11.9 Å². The number of guanidine groups is 2. The van der Waals surface area contributed by atoms with Crippen molar-refractivity contribution in [2.45, 2.75) is 144 Å². The van der Waals surface area contributed by atoms with Crippen molar-refractivity contribution >= 4 is 11.9 Å². The fourth-order valence-electron chi connectivity index (χ4n) is 3.41. The van der Waals surface area contributed by atoms with Gasteiger partial charge < -0.3 is 21.3 Å². The van der Waals surface area contributed by atoms with Crippen LogP contribution in [0.15, 0.2) is 9.98 Å². The van der Waals surface area contributed by atoms with Crippen molar-refractivity contribution in [1.82, 2.24) is 21.3 Å². The first kappa shape index (κ1) is 30.5. The summed E-state index contributed by atoms with van der Waals surface area (Å²) in [5, 5.41) is 13.7. The van der Waals surface area contributed by atoms with Gasteiger partial charge in [0, 0.05) is 37.3 Å². The van der Waals surface area contributed by atoms with Gasteiger partial charge in [-0.1, -0.05) is 51.4 Å². The molecule has 6 heteroatoms.